The minimum Gasteiger partial charge on any atom is -0.497 e. The summed E-state index contributed by atoms with van der Waals surface area (Å²) in [5.74, 6) is 1.46. The molecule has 2 aromatic rings. The van der Waals surface area contributed by atoms with Crippen LogP contribution in [0.1, 0.15) is 54.9 Å². The summed E-state index contributed by atoms with van der Waals surface area (Å²) in [6.07, 6.45) is 6.53. The van der Waals surface area contributed by atoms with E-state index in [2.05, 4.69) is 11.0 Å². The molecule has 0 N–H and O–H groups in total. The first-order valence-corrected chi connectivity index (χ1v) is 13.9. The van der Waals surface area contributed by atoms with E-state index in [9.17, 15) is 14.9 Å². The Morgan fingerprint density at radius 3 is 2.46 bits per heavy atom. The molecule has 9 heteroatoms. The fourth-order valence-electron chi connectivity index (χ4n) is 4.88. The molecule has 2 aliphatic heterocycles. The van der Waals surface area contributed by atoms with Crippen molar-refractivity contribution in [3.05, 3.63) is 61.8 Å². The lowest BCUT2D eigenvalue weighted by Crippen LogP contribution is -2.37. The summed E-state index contributed by atoms with van der Waals surface area (Å²) in [6, 6.07) is 9.90. The molecular weight excluding hydrogens is 504 g/mol. The Balaban J connectivity index is 1.70. The van der Waals surface area contributed by atoms with Gasteiger partial charge < -0.3 is 9.64 Å². The van der Waals surface area contributed by atoms with E-state index in [-0.39, 0.29) is 17.0 Å². The summed E-state index contributed by atoms with van der Waals surface area (Å²) in [7, 11) is 1.63. The molecule has 4 rings (SSSR count). The predicted molar refractivity (Wildman–Crippen MR) is 153 cm³/mol. The van der Waals surface area contributed by atoms with Crippen LogP contribution in [0.2, 0.25) is 0 Å². The molecule has 0 saturated carbocycles. The van der Waals surface area contributed by atoms with Crippen molar-refractivity contribution in [2.45, 2.75) is 52.5 Å². The van der Waals surface area contributed by atoms with E-state index in [4.69, 9.17) is 17.0 Å². The second-order valence-corrected chi connectivity index (χ2v) is 11.0. The van der Waals surface area contributed by atoms with E-state index < -0.39 is 0 Å². The van der Waals surface area contributed by atoms with Gasteiger partial charge in [-0.1, -0.05) is 43.0 Å². The molecule has 0 spiro atoms. The largest absolute Gasteiger partial charge is 0.497 e. The zero-order valence-corrected chi connectivity index (χ0v) is 23.2. The number of hydrogen-bond donors (Lipinski definition) is 0. The smallest absolute Gasteiger partial charge is 0.270 e. The Labute approximate surface area is 227 Å². The zero-order chi connectivity index (χ0) is 26.5. The summed E-state index contributed by atoms with van der Waals surface area (Å²) >= 11 is 6.86. The number of nitriles is 1. The number of ether oxygens (including phenoxy) is 1. The average Bonchev–Trinajstić information content (AvgIpc) is 3.18. The number of anilines is 1. The van der Waals surface area contributed by atoms with Gasteiger partial charge >= 0.3 is 0 Å². The number of piperidine rings is 1. The lowest BCUT2D eigenvalue weighted by Gasteiger charge is -2.33. The van der Waals surface area contributed by atoms with Crippen molar-refractivity contribution < 1.29 is 9.53 Å². The van der Waals surface area contributed by atoms with E-state index in [1.807, 2.05) is 37.3 Å². The van der Waals surface area contributed by atoms with Gasteiger partial charge in [-0.05, 0) is 68.4 Å². The highest BCUT2D eigenvalue weighted by Gasteiger charge is 2.33. The highest BCUT2D eigenvalue weighted by atomic mass is 32.2. The van der Waals surface area contributed by atoms with Crippen LogP contribution >= 0.6 is 24.0 Å². The van der Waals surface area contributed by atoms with E-state index in [0.717, 1.165) is 61.5 Å². The van der Waals surface area contributed by atoms with Crippen LogP contribution in [-0.4, -0.2) is 46.4 Å². The average molecular weight is 537 g/mol. The van der Waals surface area contributed by atoms with E-state index in [0.29, 0.717) is 34.3 Å². The van der Waals surface area contributed by atoms with Gasteiger partial charge in [-0.2, -0.15) is 5.26 Å². The molecule has 3 heterocycles. The van der Waals surface area contributed by atoms with Gasteiger partial charge in [0.15, 0.2) is 0 Å². The first kappa shape index (κ1) is 27.0. The number of benzene rings is 1. The summed E-state index contributed by atoms with van der Waals surface area (Å²) in [4.78, 5) is 31.1. The molecule has 1 aromatic carbocycles. The normalized spacial score (nSPS) is 17.0. The van der Waals surface area contributed by atoms with Gasteiger partial charge in [-0.15, -0.1) is 0 Å². The number of thiocarbonyl (C=S) groups is 1. The molecule has 2 fully saturated rings. The fourth-order valence-corrected chi connectivity index (χ4v) is 6.17. The Morgan fingerprint density at radius 1 is 1.14 bits per heavy atom. The topological polar surface area (TPSA) is 78.6 Å². The molecule has 1 aromatic heterocycles. The van der Waals surface area contributed by atoms with Crippen molar-refractivity contribution in [2.75, 3.05) is 31.6 Å². The van der Waals surface area contributed by atoms with Gasteiger partial charge in [0.1, 0.15) is 27.5 Å². The Kier molecular flexibility index (Phi) is 8.72. The lowest BCUT2D eigenvalue weighted by atomic mass is 10.0. The number of thioether (sulfide) groups is 1. The van der Waals surface area contributed by atoms with Crippen molar-refractivity contribution in [1.29, 1.82) is 5.26 Å². The number of carbonyl (C=O) groups excluding carboxylic acids is 1. The minimum atomic E-state index is -0.258. The van der Waals surface area contributed by atoms with Gasteiger partial charge in [0.25, 0.3) is 11.5 Å². The quantitative estimate of drug-likeness (QED) is 0.351. The van der Waals surface area contributed by atoms with Gasteiger partial charge in [-0.3, -0.25) is 19.1 Å². The zero-order valence-electron chi connectivity index (χ0n) is 21.6. The number of pyridine rings is 1. The first-order valence-electron chi connectivity index (χ1n) is 12.7. The van der Waals surface area contributed by atoms with Crippen molar-refractivity contribution in [2.24, 2.45) is 0 Å². The van der Waals surface area contributed by atoms with Crippen LogP contribution in [0.4, 0.5) is 5.82 Å². The Bertz CT molecular complexity index is 1320. The van der Waals surface area contributed by atoms with Crippen LogP contribution in [0.15, 0.2) is 34.0 Å². The molecule has 2 aliphatic rings. The van der Waals surface area contributed by atoms with E-state index >= 15 is 0 Å². The Hall–Kier alpha value is -3.09. The number of methoxy groups -OCH3 is 1. The summed E-state index contributed by atoms with van der Waals surface area (Å²) < 4.78 is 7.47. The monoisotopic (exact) mass is 536 g/mol. The maximum absolute atomic E-state index is 13.5. The Morgan fingerprint density at radius 2 is 1.84 bits per heavy atom. The van der Waals surface area contributed by atoms with Crippen molar-refractivity contribution in [3.63, 3.8) is 0 Å². The molecule has 2 saturated heterocycles. The van der Waals surface area contributed by atoms with Gasteiger partial charge in [0, 0.05) is 31.7 Å². The molecule has 7 nitrogen and oxygen atoms in total. The van der Waals surface area contributed by atoms with Crippen LogP contribution in [0.25, 0.3) is 6.08 Å². The van der Waals surface area contributed by atoms with Crippen LogP contribution < -0.4 is 15.2 Å². The number of amides is 1. The maximum Gasteiger partial charge on any atom is 0.270 e. The molecule has 194 valence electrons. The lowest BCUT2D eigenvalue weighted by molar-refractivity contribution is -0.122. The molecule has 0 aliphatic carbocycles. The molecule has 37 heavy (non-hydrogen) atoms. The summed E-state index contributed by atoms with van der Waals surface area (Å²) in [5, 5.41) is 9.82. The second-order valence-electron chi connectivity index (χ2n) is 9.29. The molecular formula is C28H32N4O3S2. The molecule has 0 radical (unpaired) electrons. The van der Waals surface area contributed by atoms with Crippen molar-refractivity contribution in [3.8, 4) is 11.8 Å². The number of carbonyl (C=O) groups is 1. The second kappa shape index (κ2) is 12.0. The van der Waals surface area contributed by atoms with Gasteiger partial charge in [0.05, 0.1) is 12.0 Å². The van der Waals surface area contributed by atoms with Crippen molar-refractivity contribution >= 4 is 46.1 Å². The predicted octanol–water partition coefficient (Wildman–Crippen LogP) is 4.88. The van der Waals surface area contributed by atoms with Crippen LogP contribution in [0.5, 0.6) is 5.75 Å². The summed E-state index contributed by atoms with van der Waals surface area (Å²) in [5.41, 5.74) is 2.35. The highest BCUT2D eigenvalue weighted by molar-refractivity contribution is 8.26. The third-order valence-corrected chi connectivity index (χ3v) is 8.26. The minimum absolute atomic E-state index is 0.135. The highest BCUT2D eigenvalue weighted by Crippen LogP contribution is 2.36. The first-order chi connectivity index (χ1) is 17.9. The van der Waals surface area contributed by atoms with Crippen LogP contribution in [0, 0.1) is 18.3 Å². The van der Waals surface area contributed by atoms with Gasteiger partial charge in [0.2, 0.25) is 0 Å². The van der Waals surface area contributed by atoms with Crippen molar-refractivity contribution in [1.82, 2.24) is 9.47 Å². The SMILES string of the molecule is CCCn1c(N2CCCCC2)c(C=C2SC(=S)N(CCc3ccc(OC)cc3)C2=O)c(C)c(C#N)c1=O. The maximum atomic E-state index is 13.5. The number of nitrogens with zero attached hydrogens (tertiary/aromatic N) is 4. The van der Waals surface area contributed by atoms with E-state index in [1.165, 1.54) is 11.8 Å². The molecule has 0 unspecified atom stereocenters. The molecule has 0 bridgehead atoms. The van der Waals surface area contributed by atoms with Gasteiger partial charge in [-0.25, -0.2) is 0 Å². The van der Waals surface area contributed by atoms with E-state index in [1.54, 1.807) is 23.5 Å². The van der Waals surface area contributed by atoms with Crippen LogP contribution in [-0.2, 0) is 17.8 Å². The molecule has 1 amide bonds. The number of rotatable bonds is 8. The van der Waals surface area contributed by atoms with Crippen LogP contribution in [0.3, 0.4) is 0 Å². The molecule has 0 atom stereocenters. The third kappa shape index (κ3) is 5.60. The standard InChI is InChI=1S/C28H32N4O3S2/c1-4-13-31-25(30-14-6-5-7-15-30)22(19(2)23(18-29)26(31)33)17-24-27(34)32(28(36)37-24)16-12-20-8-10-21(35-3)11-9-20/h8-11,17H,4-7,12-16H2,1-3H3. The number of aromatic nitrogens is 1. The fraction of sp³-hybridized carbons (Fsp3) is 0.429. The number of hydrogen-bond acceptors (Lipinski definition) is 7. The third-order valence-electron chi connectivity index (χ3n) is 6.88. The summed E-state index contributed by atoms with van der Waals surface area (Å²) in [6.45, 7) is 6.51.